The van der Waals surface area contributed by atoms with Gasteiger partial charge in [0.1, 0.15) is 0 Å². The molecule has 2 heterocycles. The maximum absolute atomic E-state index is 11.7. The fraction of sp³-hybridized carbons (Fsp3) is 0.615. The fourth-order valence-electron chi connectivity index (χ4n) is 2.12. The number of nitrogens with one attached hydrogen (secondary N) is 1. The lowest BCUT2D eigenvalue weighted by Crippen LogP contribution is -2.37. The fourth-order valence-corrected chi connectivity index (χ4v) is 2.47. The quantitative estimate of drug-likeness (QED) is 0.763. The van der Waals surface area contributed by atoms with Gasteiger partial charge < -0.3 is 10.2 Å². The molecule has 0 atom stereocenters. The van der Waals surface area contributed by atoms with Gasteiger partial charge in [-0.1, -0.05) is 0 Å². The van der Waals surface area contributed by atoms with Gasteiger partial charge in [-0.3, -0.25) is 4.79 Å². The molecule has 0 aliphatic carbocycles. The Balaban J connectivity index is 1.88. The van der Waals surface area contributed by atoms with Crippen LogP contribution in [0.5, 0.6) is 0 Å². The Hall–Kier alpha value is -1.74. The molecular weight excluding hydrogens is 306 g/mol. The van der Waals surface area contributed by atoms with E-state index in [1.165, 1.54) is 7.05 Å². The molecule has 8 nitrogen and oxygen atoms in total. The molecule has 1 aliphatic rings. The molecule has 1 amide bonds. The van der Waals surface area contributed by atoms with Crippen molar-refractivity contribution in [2.45, 2.75) is 19.4 Å². The Morgan fingerprint density at radius 2 is 2.09 bits per heavy atom. The molecule has 1 aliphatic heterocycles. The van der Waals surface area contributed by atoms with Gasteiger partial charge in [0.25, 0.3) is 0 Å². The molecule has 0 bridgehead atoms. The van der Waals surface area contributed by atoms with Crippen molar-refractivity contribution in [1.82, 2.24) is 19.6 Å². The standard InChI is InChI=1S/C13H21N5O3S/c1-17(22(2,20)21)10-12(19)15-9-11-5-6-14-13(16-11)18-7-3-4-8-18/h5-6H,3-4,7-10H2,1-2H3,(H,15,19). The smallest absolute Gasteiger partial charge is 0.235 e. The first-order valence-electron chi connectivity index (χ1n) is 7.11. The third kappa shape index (κ3) is 4.63. The maximum Gasteiger partial charge on any atom is 0.235 e. The molecule has 9 heteroatoms. The zero-order valence-electron chi connectivity index (χ0n) is 12.8. The molecule has 1 aromatic rings. The second kappa shape index (κ2) is 7.01. The summed E-state index contributed by atoms with van der Waals surface area (Å²) in [4.78, 5) is 22.5. The van der Waals surface area contributed by atoms with Crippen molar-refractivity contribution in [2.75, 3.05) is 37.8 Å². The van der Waals surface area contributed by atoms with Crippen LogP contribution in [0.1, 0.15) is 18.5 Å². The highest BCUT2D eigenvalue weighted by molar-refractivity contribution is 7.88. The van der Waals surface area contributed by atoms with E-state index in [1.807, 2.05) is 0 Å². The van der Waals surface area contributed by atoms with Gasteiger partial charge in [-0.15, -0.1) is 0 Å². The summed E-state index contributed by atoms with van der Waals surface area (Å²) >= 11 is 0. The summed E-state index contributed by atoms with van der Waals surface area (Å²) in [6, 6.07) is 1.74. The van der Waals surface area contributed by atoms with Gasteiger partial charge in [0.2, 0.25) is 21.9 Å². The maximum atomic E-state index is 11.7. The van der Waals surface area contributed by atoms with Crippen LogP contribution in [-0.2, 0) is 21.4 Å². The second-order valence-electron chi connectivity index (χ2n) is 5.34. The molecule has 22 heavy (non-hydrogen) atoms. The summed E-state index contributed by atoms with van der Waals surface area (Å²) in [6.07, 6.45) is 5.02. The minimum absolute atomic E-state index is 0.205. The molecule has 1 N–H and O–H groups in total. The number of aromatic nitrogens is 2. The summed E-state index contributed by atoms with van der Waals surface area (Å²) in [5.74, 6) is 0.312. The Morgan fingerprint density at radius 3 is 2.73 bits per heavy atom. The SMILES string of the molecule is CN(CC(=O)NCc1ccnc(N2CCCC2)n1)S(C)(=O)=O. The van der Waals surface area contributed by atoms with Gasteiger partial charge in [0, 0.05) is 26.3 Å². The molecular formula is C13H21N5O3S. The van der Waals surface area contributed by atoms with E-state index in [2.05, 4.69) is 20.2 Å². The number of likely N-dealkylation sites (N-methyl/N-ethyl adjacent to an activating group) is 1. The van der Waals surface area contributed by atoms with E-state index in [1.54, 1.807) is 12.3 Å². The van der Waals surface area contributed by atoms with Crippen molar-refractivity contribution >= 4 is 21.9 Å². The van der Waals surface area contributed by atoms with Crippen molar-refractivity contribution in [1.29, 1.82) is 0 Å². The number of sulfonamides is 1. The molecule has 1 aromatic heterocycles. The van der Waals surface area contributed by atoms with E-state index >= 15 is 0 Å². The van der Waals surface area contributed by atoms with Crippen molar-refractivity contribution in [3.63, 3.8) is 0 Å². The minimum Gasteiger partial charge on any atom is -0.349 e. The van der Waals surface area contributed by atoms with Crippen molar-refractivity contribution in [3.8, 4) is 0 Å². The molecule has 0 radical (unpaired) electrons. The number of hydrogen-bond donors (Lipinski definition) is 1. The van der Waals surface area contributed by atoms with Gasteiger partial charge in [0.05, 0.1) is 25.0 Å². The third-order valence-electron chi connectivity index (χ3n) is 3.49. The minimum atomic E-state index is -3.36. The summed E-state index contributed by atoms with van der Waals surface area (Å²) in [7, 11) is -1.99. The van der Waals surface area contributed by atoms with Crippen molar-refractivity contribution < 1.29 is 13.2 Å². The van der Waals surface area contributed by atoms with Gasteiger partial charge in [-0.25, -0.2) is 18.4 Å². The normalized spacial score (nSPS) is 15.3. The third-order valence-corrected chi connectivity index (χ3v) is 4.75. The summed E-state index contributed by atoms with van der Waals surface area (Å²) in [5, 5.41) is 2.67. The predicted octanol–water partition coefficient (Wildman–Crippen LogP) is -0.416. The highest BCUT2D eigenvalue weighted by Crippen LogP contribution is 2.15. The van der Waals surface area contributed by atoms with Crippen molar-refractivity contribution in [3.05, 3.63) is 18.0 Å². The average Bonchev–Trinajstić information content (AvgIpc) is 2.98. The van der Waals surface area contributed by atoms with E-state index in [4.69, 9.17) is 0 Å². The summed E-state index contributed by atoms with van der Waals surface area (Å²) in [6.45, 7) is 1.95. The lowest BCUT2D eigenvalue weighted by Gasteiger charge is -2.16. The van der Waals surface area contributed by atoms with Crippen molar-refractivity contribution in [2.24, 2.45) is 0 Å². The molecule has 122 valence electrons. The predicted molar refractivity (Wildman–Crippen MR) is 82.8 cm³/mol. The molecule has 0 saturated carbocycles. The Labute approximate surface area is 130 Å². The molecule has 0 aromatic carbocycles. The molecule has 0 spiro atoms. The topological polar surface area (TPSA) is 95.5 Å². The largest absolute Gasteiger partial charge is 0.349 e. The van der Waals surface area contributed by atoms with Gasteiger partial charge >= 0.3 is 0 Å². The van der Waals surface area contributed by atoms with Crippen LogP contribution in [0.3, 0.4) is 0 Å². The van der Waals surface area contributed by atoms with Crippen LogP contribution in [0, 0.1) is 0 Å². The zero-order chi connectivity index (χ0) is 16.2. The van der Waals surface area contributed by atoms with E-state index in [0.29, 0.717) is 11.6 Å². The first kappa shape index (κ1) is 16.6. The van der Waals surface area contributed by atoms with Crippen LogP contribution in [0.2, 0.25) is 0 Å². The van der Waals surface area contributed by atoms with Crippen LogP contribution in [0.25, 0.3) is 0 Å². The lowest BCUT2D eigenvalue weighted by molar-refractivity contribution is -0.121. The zero-order valence-corrected chi connectivity index (χ0v) is 13.6. The monoisotopic (exact) mass is 327 g/mol. The molecule has 1 fully saturated rings. The molecule has 1 saturated heterocycles. The Morgan fingerprint density at radius 1 is 1.41 bits per heavy atom. The number of nitrogens with zero attached hydrogens (tertiary/aromatic N) is 4. The van der Waals surface area contributed by atoms with E-state index < -0.39 is 10.0 Å². The molecule has 2 rings (SSSR count). The number of amides is 1. The van der Waals surface area contributed by atoms with Crippen LogP contribution >= 0.6 is 0 Å². The highest BCUT2D eigenvalue weighted by Gasteiger charge is 2.16. The molecule has 0 unspecified atom stereocenters. The van der Waals surface area contributed by atoms with Crippen LogP contribution in [-0.4, -0.2) is 61.5 Å². The van der Waals surface area contributed by atoms with Gasteiger partial charge in [0.15, 0.2) is 0 Å². The van der Waals surface area contributed by atoms with E-state index in [9.17, 15) is 13.2 Å². The van der Waals surface area contributed by atoms with Gasteiger partial charge in [-0.2, -0.15) is 4.31 Å². The first-order chi connectivity index (χ1) is 10.4. The lowest BCUT2D eigenvalue weighted by atomic mass is 10.4. The van der Waals surface area contributed by atoms with Crippen LogP contribution < -0.4 is 10.2 Å². The highest BCUT2D eigenvalue weighted by atomic mass is 32.2. The van der Waals surface area contributed by atoms with Crippen LogP contribution in [0.15, 0.2) is 12.3 Å². The average molecular weight is 327 g/mol. The Bertz CT molecular complexity index is 628. The van der Waals surface area contributed by atoms with E-state index in [-0.39, 0.29) is 19.0 Å². The Kier molecular flexibility index (Phi) is 5.30. The summed E-state index contributed by atoms with van der Waals surface area (Å²) in [5.41, 5.74) is 0.701. The van der Waals surface area contributed by atoms with Crippen LogP contribution in [0.4, 0.5) is 5.95 Å². The second-order valence-corrected chi connectivity index (χ2v) is 7.43. The number of rotatable bonds is 6. The van der Waals surface area contributed by atoms with Gasteiger partial charge in [-0.05, 0) is 18.9 Å². The number of carbonyl (C=O) groups is 1. The number of anilines is 1. The van der Waals surface area contributed by atoms with E-state index in [0.717, 1.165) is 36.5 Å². The number of hydrogen-bond acceptors (Lipinski definition) is 6. The number of carbonyl (C=O) groups excluding carboxylic acids is 1. The first-order valence-corrected chi connectivity index (χ1v) is 8.96. The summed E-state index contributed by atoms with van der Waals surface area (Å²) < 4.78 is 23.5.